The number of benzene rings is 1. The molecule has 2 heteroatoms. The number of hydrogen-bond acceptors (Lipinski definition) is 1. The van der Waals surface area contributed by atoms with Crippen LogP contribution in [0, 0.1) is 0 Å². The molecule has 1 nitrogen and oxygen atoms in total. The molecule has 0 saturated heterocycles. The lowest BCUT2D eigenvalue weighted by molar-refractivity contribution is 0.556. The molecule has 0 aliphatic heterocycles. The van der Waals surface area contributed by atoms with E-state index in [0.717, 1.165) is 0 Å². The molecule has 0 atom stereocenters. The van der Waals surface area contributed by atoms with Crippen molar-refractivity contribution < 1.29 is 8.81 Å². The zero-order chi connectivity index (χ0) is 9.80. The third-order valence-corrected chi connectivity index (χ3v) is 1.86. The zero-order valence-corrected chi connectivity index (χ0v) is 7.48. The van der Waals surface area contributed by atoms with Gasteiger partial charge in [0, 0.05) is 11.6 Å². The summed E-state index contributed by atoms with van der Waals surface area (Å²) in [5, 5.41) is 0. The Morgan fingerprint density at radius 3 is 2.50 bits per heavy atom. The van der Waals surface area contributed by atoms with E-state index >= 15 is 0 Å². The van der Waals surface area contributed by atoms with Crippen LogP contribution in [0.15, 0.2) is 53.1 Å². The van der Waals surface area contributed by atoms with E-state index in [1.807, 2.05) is 6.07 Å². The highest BCUT2D eigenvalue weighted by atomic mass is 19.1. The summed E-state index contributed by atoms with van der Waals surface area (Å²) in [6.45, 7) is 0. The molecule has 1 heterocycles. The first-order chi connectivity index (χ1) is 6.86. The summed E-state index contributed by atoms with van der Waals surface area (Å²) in [7, 11) is 0. The molecule has 0 aliphatic rings. The highest BCUT2D eigenvalue weighted by Gasteiger charge is 1.99. The quantitative estimate of drug-likeness (QED) is 0.699. The predicted octanol–water partition coefficient (Wildman–Crippen LogP) is 3.75. The van der Waals surface area contributed by atoms with Crippen molar-refractivity contribution in [2.45, 2.75) is 0 Å². The molecule has 0 fully saturated rings. The van der Waals surface area contributed by atoms with Gasteiger partial charge in [0.25, 0.3) is 0 Å². The molecule has 0 spiro atoms. The molecular formula is C12H9FO. The van der Waals surface area contributed by atoms with Crippen molar-refractivity contribution in [1.29, 1.82) is 0 Å². The minimum absolute atomic E-state index is 0.291. The Balaban J connectivity index is 2.29. The molecule has 2 aromatic rings. The first kappa shape index (κ1) is 8.75. The van der Waals surface area contributed by atoms with E-state index in [1.165, 1.54) is 12.3 Å². The predicted molar refractivity (Wildman–Crippen MR) is 54.1 cm³/mol. The topological polar surface area (TPSA) is 13.1 Å². The molecular weight excluding hydrogens is 179 g/mol. The van der Waals surface area contributed by atoms with Gasteiger partial charge < -0.3 is 4.42 Å². The summed E-state index contributed by atoms with van der Waals surface area (Å²) in [6.07, 6.45) is 2.89. The lowest BCUT2D eigenvalue weighted by Crippen LogP contribution is -1.75. The Bertz CT molecular complexity index is 415. The van der Waals surface area contributed by atoms with Gasteiger partial charge in [-0.1, -0.05) is 30.3 Å². The average Bonchev–Trinajstić information content (AvgIpc) is 2.72. The molecule has 1 aromatic carbocycles. The number of halogens is 1. The number of hydrogen-bond donors (Lipinski definition) is 0. The van der Waals surface area contributed by atoms with Crippen molar-refractivity contribution in [1.82, 2.24) is 0 Å². The molecule has 0 unspecified atom stereocenters. The van der Waals surface area contributed by atoms with Crippen molar-refractivity contribution in [2.75, 3.05) is 0 Å². The van der Waals surface area contributed by atoms with Crippen LogP contribution in [0.2, 0.25) is 0 Å². The van der Waals surface area contributed by atoms with Crippen molar-refractivity contribution in [3.05, 3.63) is 60.1 Å². The molecule has 2 rings (SSSR count). The van der Waals surface area contributed by atoms with Crippen molar-refractivity contribution in [3.63, 3.8) is 0 Å². The maximum Gasteiger partial charge on any atom is 0.134 e. The fourth-order valence-corrected chi connectivity index (χ4v) is 1.18. The van der Waals surface area contributed by atoms with Gasteiger partial charge in [-0.2, -0.15) is 0 Å². The Morgan fingerprint density at radius 2 is 1.86 bits per heavy atom. The molecule has 0 amide bonds. The SMILES string of the molecule is F/C(=C\c1ccco1)c1ccccc1. The van der Waals surface area contributed by atoms with Crippen LogP contribution in [0.4, 0.5) is 4.39 Å². The second kappa shape index (κ2) is 3.92. The zero-order valence-electron chi connectivity index (χ0n) is 7.48. The molecule has 1 aromatic heterocycles. The van der Waals surface area contributed by atoms with E-state index < -0.39 is 0 Å². The maximum atomic E-state index is 13.5. The van der Waals surface area contributed by atoms with Crippen LogP contribution in [0.3, 0.4) is 0 Å². The first-order valence-electron chi connectivity index (χ1n) is 4.32. The van der Waals surface area contributed by atoms with E-state index in [-0.39, 0.29) is 5.83 Å². The van der Waals surface area contributed by atoms with Crippen LogP contribution in [0.1, 0.15) is 11.3 Å². The molecule has 14 heavy (non-hydrogen) atoms. The van der Waals surface area contributed by atoms with Crippen LogP contribution in [-0.2, 0) is 0 Å². The smallest absolute Gasteiger partial charge is 0.134 e. The van der Waals surface area contributed by atoms with Gasteiger partial charge in [-0.3, -0.25) is 0 Å². The van der Waals surface area contributed by atoms with Crippen LogP contribution in [0.5, 0.6) is 0 Å². The molecule has 0 radical (unpaired) electrons. The Labute approximate surface area is 81.5 Å². The number of furan rings is 1. The minimum atomic E-state index is -0.291. The molecule has 0 N–H and O–H groups in total. The van der Waals surface area contributed by atoms with Gasteiger partial charge in [0.05, 0.1) is 6.26 Å². The Morgan fingerprint density at radius 1 is 1.07 bits per heavy atom. The van der Waals surface area contributed by atoms with Gasteiger partial charge in [-0.05, 0) is 12.1 Å². The second-order valence-electron chi connectivity index (χ2n) is 2.87. The van der Waals surface area contributed by atoms with E-state index in [2.05, 4.69) is 0 Å². The standard InChI is InChI=1S/C12H9FO/c13-12(9-11-7-4-8-14-11)10-5-2-1-3-6-10/h1-9H/b12-9-. The van der Waals surface area contributed by atoms with Crippen molar-refractivity contribution >= 4 is 11.9 Å². The number of rotatable bonds is 2. The maximum absolute atomic E-state index is 13.5. The van der Waals surface area contributed by atoms with Crippen LogP contribution in [0.25, 0.3) is 11.9 Å². The molecule has 0 saturated carbocycles. The van der Waals surface area contributed by atoms with Crippen molar-refractivity contribution in [3.8, 4) is 0 Å². The average molecular weight is 188 g/mol. The lowest BCUT2D eigenvalue weighted by atomic mass is 10.2. The minimum Gasteiger partial charge on any atom is -0.465 e. The van der Waals surface area contributed by atoms with E-state index in [1.54, 1.807) is 36.4 Å². The van der Waals surface area contributed by atoms with Crippen LogP contribution >= 0.6 is 0 Å². The van der Waals surface area contributed by atoms with Gasteiger partial charge >= 0.3 is 0 Å². The van der Waals surface area contributed by atoms with Gasteiger partial charge in [-0.15, -0.1) is 0 Å². The summed E-state index contributed by atoms with van der Waals surface area (Å²) in [5.41, 5.74) is 0.559. The van der Waals surface area contributed by atoms with E-state index in [0.29, 0.717) is 11.3 Å². The van der Waals surface area contributed by atoms with Gasteiger partial charge in [0.2, 0.25) is 0 Å². The summed E-state index contributed by atoms with van der Waals surface area (Å²) >= 11 is 0. The Kier molecular flexibility index (Phi) is 2.45. The fraction of sp³-hybridized carbons (Fsp3) is 0. The fourth-order valence-electron chi connectivity index (χ4n) is 1.18. The first-order valence-corrected chi connectivity index (χ1v) is 4.32. The van der Waals surface area contributed by atoms with E-state index in [4.69, 9.17) is 4.42 Å². The third-order valence-electron chi connectivity index (χ3n) is 1.86. The second-order valence-corrected chi connectivity index (χ2v) is 2.87. The summed E-state index contributed by atoms with van der Waals surface area (Å²) < 4.78 is 18.5. The van der Waals surface area contributed by atoms with Crippen molar-refractivity contribution in [2.24, 2.45) is 0 Å². The highest BCUT2D eigenvalue weighted by Crippen LogP contribution is 2.18. The summed E-state index contributed by atoms with van der Waals surface area (Å²) in [6, 6.07) is 12.3. The lowest BCUT2D eigenvalue weighted by Gasteiger charge is -1.95. The summed E-state index contributed by atoms with van der Waals surface area (Å²) in [5.74, 6) is 0.229. The monoisotopic (exact) mass is 188 g/mol. The Hall–Kier alpha value is -1.83. The molecule has 0 aliphatic carbocycles. The van der Waals surface area contributed by atoms with Gasteiger partial charge in [-0.25, -0.2) is 4.39 Å². The molecule has 0 bridgehead atoms. The van der Waals surface area contributed by atoms with Gasteiger partial charge in [0.15, 0.2) is 0 Å². The van der Waals surface area contributed by atoms with E-state index in [9.17, 15) is 4.39 Å². The third kappa shape index (κ3) is 1.91. The normalized spacial score (nSPS) is 11.6. The highest BCUT2D eigenvalue weighted by molar-refractivity contribution is 5.74. The van der Waals surface area contributed by atoms with Crippen LogP contribution in [-0.4, -0.2) is 0 Å². The van der Waals surface area contributed by atoms with Gasteiger partial charge in [0.1, 0.15) is 11.6 Å². The van der Waals surface area contributed by atoms with Crippen LogP contribution < -0.4 is 0 Å². The summed E-state index contributed by atoms with van der Waals surface area (Å²) in [4.78, 5) is 0. The largest absolute Gasteiger partial charge is 0.465 e. The molecule has 70 valence electrons.